The van der Waals surface area contributed by atoms with Gasteiger partial charge < -0.3 is 0 Å². The van der Waals surface area contributed by atoms with E-state index in [0.717, 1.165) is 29.8 Å². The summed E-state index contributed by atoms with van der Waals surface area (Å²) in [6, 6.07) is 19.2. The number of nitrogens with two attached hydrogens (primary N) is 1. The Morgan fingerprint density at radius 3 is 2.16 bits per heavy atom. The van der Waals surface area contributed by atoms with Crippen LogP contribution >= 0.6 is 0 Å². The Morgan fingerprint density at radius 1 is 1.00 bits per heavy atom. The number of guanidine groups is 1. The third-order valence-electron chi connectivity index (χ3n) is 5.91. The molecule has 0 aromatic heterocycles. The van der Waals surface area contributed by atoms with Gasteiger partial charge in [-0.2, -0.15) is 5.10 Å². The highest BCUT2D eigenvalue weighted by molar-refractivity contribution is 7.90. The van der Waals surface area contributed by atoms with Crippen molar-refractivity contribution < 1.29 is 25.6 Å². The summed E-state index contributed by atoms with van der Waals surface area (Å²) in [4.78, 5) is 3.99. The molecule has 0 amide bonds. The minimum Gasteiger partial charge on any atom is -0.249 e. The van der Waals surface area contributed by atoms with Crippen molar-refractivity contribution in [3.63, 3.8) is 0 Å². The Balaban J connectivity index is 1.76. The van der Waals surface area contributed by atoms with Crippen LogP contribution in [0.2, 0.25) is 0 Å². The van der Waals surface area contributed by atoms with Crippen LogP contribution in [0.5, 0.6) is 0 Å². The zero-order valence-electron chi connectivity index (χ0n) is 20.2. The maximum absolute atomic E-state index is 13.6. The molecule has 13 heteroatoms. The van der Waals surface area contributed by atoms with Crippen LogP contribution in [0.3, 0.4) is 0 Å². The molecular formula is C25H25F2N5O4S2. The fraction of sp³-hybridized carbons (Fsp3) is 0.200. The summed E-state index contributed by atoms with van der Waals surface area (Å²) >= 11 is 0. The van der Waals surface area contributed by atoms with E-state index in [-0.39, 0.29) is 29.9 Å². The monoisotopic (exact) mass is 561 g/mol. The van der Waals surface area contributed by atoms with Crippen molar-refractivity contribution >= 4 is 31.7 Å². The summed E-state index contributed by atoms with van der Waals surface area (Å²) in [5.74, 6) is -1.63. The Morgan fingerprint density at radius 2 is 1.58 bits per heavy atom. The number of hydrazone groups is 1. The maximum Gasteiger partial charge on any atom is 0.264 e. The maximum atomic E-state index is 13.6. The van der Waals surface area contributed by atoms with E-state index in [0.29, 0.717) is 11.3 Å². The molecule has 0 spiro atoms. The Hall–Kier alpha value is -3.68. The smallest absolute Gasteiger partial charge is 0.249 e. The van der Waals surface area contributed by atoms with Crippen molar-refractivity contribution in [1.29, 1.82) is 0 Å². The van der Waals surface area contributed by atoms with Gasteiger partial charge in [0.2, 0.25) is 16.0 Å². The first kappa shape index (κ1) is 27.4. The van der Waals surface area contributed by atoms with E-state index in [1.807, 2.05) is 30.3 Å². The zero-order valence-corrected chi connectivity index (χ0v) is 21.8. The zero-order chi connectivity index (χ0) is 27.5. The largest absolute Gasteiger partial charge is 0.264 e. The van der Waals surface area contributed by atoms with E-state index in [4.69, 9.17) is 5.14 Å². The van der Waals surface area contributed by atoms with Crippen molar-refractivity contribution in [2.24, 2.45) is 15.2 Å². The number of primary sulfonamides is 1. The Bertz CT molecular complexity index is 1560. The van der Waals surface area contributed by atoms with Crippen LogP contribution in [0.15, 0.2) is 93.9 Å². The van der Waals surface area contributed by atoms with Gasteiger partial charge in [0, 0.05) is 5.92 Å². The average molecular weight is 562 g/mol. The molecule has 2 atom stereocenters. The van der Waals surface area contributed by atoms with E-state index >= 15 is 0 Å². The molecule has 0 radical (unpaired) electrons. The van der Waals surface area contributed by atoms with Crippen LogP contribution in [0.1, 0.15) is 24.0 Å². The summed E-state index contributed by atoms with van der Waals surface area (Å²) in [6.07, 6.45) is 0. The van der Waals surface area contributed by atoms with Crippen LogP contribution in [0, 0.1) is 11.6 Å². The van der Waals surface area contributed by atoms with E-state index in [9.17, 15) is 25.6 Å². The predicted octanol–water partition coefficient (Wildman–Crippen LogP) is 2.78. The average Bonchev–Trinajstić information content (AvgIpc) is 3.32. The van der Waals surface area contributed by atoms with Gasteiger partial charge in [0.05, 0.1) is 28.9 Å². The normalized spacial score (nSPS) is 17.3. The first-order valence-electron chi connectivity index (χ1n) is 11.5. The van der Waals surface area contributed by atoms with Gasteiger partial charge >= 0.3 is 0 Å². The topological polar surface area (TPSA) is 134 Å². The van der Waals surface area contributed by atoms with Crippen molar-refractivity contribution in [3.8, 4) is 0 Å². The van der Waals surface area contributed by atoms with Crippen LogP contribution in [0.25, 0.3) is 0 Å². The molecule has 0 saturated heterocycles. The SMILES string of the molecule is C[C@H](C/N=C(/NS(=O)(=O)c1ccc(F)cc1)N1C[C@H](c2ccccc2)C(c2ccc(F)cc2)=N1)S(N)(=O)=O. The highest BCUT2D eigenvalue weighted by Crippen LogP contribution is 2.29. The van der Waals surface area contributed by atoms with Gasteiger partial charge in [-0.1, -0.05) is 42.5 Å². The lowest BCUT2D eigenvalue weighted by Gasteiger charge is -2.20. The molecule has 4 rings (SSSR count). The Kier molecular flexibility index (Phi) is 7.90. The summed E-state index contributed by atoms with van der Waals surface area (Å²) in [7, 11) is -8.21. The lowest BCUT2D eigenvalue weighted by Crippen LogP contribution is -2.42. The minimum atomic E-state index is -4.26. The van der Waals surface area contributed by atoms with Crippen molar-refractivity contribution in [1.82, 2.24) is 9.73 Å². The summed E-state index contributed by atoms with van der Waals surface area (Å²) in [5.41, 5.74) is 2.02. The van der Waals surface area contributed by atoms with Gasteiger partial charge in [0.1, 0.15) is 11.6 Å². The molecular weight excluding hydrogens is 536 g/mol. The fourth-order valence-corrected chi connectivity index (χ4v) is 5.05. The van der Waals surface area contributed by atoms with E-state index < -0.39 is 36.9 Å². The van der Waals surface area contributed by atoms with E-state index in [1.54, 1.807) is 12.1 Å². The Labute approximate surface area is 219 Å². The number of halogens is 2. The number of nitrogens with one attached hydrogen (secondary N) is 1. The van der Waals surface area contributed by atoms with Gasteiger partial charge in [-0.15, -0.1) is 0 Å². The summed E-state index contributed by atoms with van der Waals surface area (Å²) in [5, 5.41) is 10.0. The van der Waals surface area contributed by atoms with Gasteiger partial charge in [0.15, 0.2) is 0 Å². The standard InChI is InChI=1S/C25H25F2N5O4S2/c1-17(37(28,33)34)15-29-25(31-38(35,36)22-13-11-21(27)12-14-22)32-16-23(18-5-3-2-4-6-18)24(30-32)19-7-9-20(26)10-8-19/h2-14,17,23H,15-16H2,1H3,(H,29,31)(H2,28,33,34)/t17-,23-/m1/s1. The second-order valence-electron chi connectivity index (χ2n) is 8.66. The molecule has 38 heavy (non-hydrogen) atoms. The van der Waals surface area contributed by atoms with Crippen LogP contribution in [0.4, 0.5) is 8.78 Å². The molecule has 3 aromatic carbocycles. The lowest BCUT2D eigenvalue weighted by atomic mass is 9.91. The van der Waals surface area contributed by atoms with Gasteiger partial charge in [-0.25, -0.2) is 45.5 Å². The first-order valence-corrected chi connectivity index (χ1v) is 14.5. The molecule has 0 saturated carbocycles. The molecule has 0 fully saturated rings. The number of hydrogen-bond donors (Lipinski definition) is 2. The molecule has 3 aromatic rings. The van der Waals surface area contributed by atoms with E-state index in [2.05, 4.69) is 14.8 Å². The highest BCUT2D eigenvalue weighted by Gasteiger charge is 2.33. The molecule has 0 bridgehead atoms. The van der Waals surface area contributed by atoms with Gasteiger partial charge in [-0.05, 0) is 54.4 Å². The van der Waals surface area contributed by atoms with Crippen LogP contribution in [-0.4, -0.2) is 51.9 Å². The molecule has 1 heterocycles. The number of hydrogen-bond acceptors (Lipinski definition) is 6. The molecule has 200 valence electrons. The lowest BCUT2D eigenvalue weighted by molar-refractivity contribution is 0.460. The number of nitrogens with zero attached hydrogens (tertiary/aromatic N) is 3. The third-order valence-corrected chi connectivity index (χ3v) is 8.52. The molecule has 0 aliphatic carbocycles. The molecule has 3 N–H and O–H groups in total. The quantitative estimate of drug-likeness (QED) is 0.338. The van der Waals surface area contributed by atoms with Crippen molar-refractivity contribution in [3.05, 3.63) is 102 Å². The van der Waals surface area contributed by atoms with Gasteiger partial charge in [-0.3, -0.25) is 0 Å². The van der Waals surface area contributed by atoms with Gasteiger partial charge in [0.25, 0.3) is 10.0 Å². The highest BCUT2D eigenvalue weighted by atomic mass is 32.2. The van der Waals surface area contributed by atoms with Crippen LogP contribution < -0.4 is 9.86 Å². The molecule has 9 nitrogen and oxygen atoms in total. The minimum absolute atomic E-state index is 0.144. The molecule has 1 aliphatic heterocycles. The second-order valence-corrected chi connectivity index (χ2v) is 12.3. The van der Waals surface area contributed by atoms with E-state index in [1.165, 1.54) is 24.1 Å². The first-order chi connectivity index (χ1) is 17.9. The summed E-state index contributed by atoms with van der Waals surface area (Å²) < 4.78 is 79.1. The predicted molar refractivity (Wildman–Crippen MR) is 140 cm³/mol. The molecule has 0 unspecified atom stereocenters. The second kappa shape index (κ2) is 11.0. The van der Waals surface area contributed by atoms with Crippen molar-refractivity contribution in [2.75, 3.05) is 13.1 Å². The third kappa shape index (κ3) is 6.41. The summed E-state index contributed by atoms with van der Waals surface area (Å²) in [6.45, 7) is 1.13. The van der Waals surface area contributed by atoms with Crippen LogP contribution in [-0.2, 0) is 20.0 Å². The number of rotatable bonds is 7. The fourth-order valence-electron chi connectivity index (χ4n) is 3.74. The number of benzene rings is 3. The van der Waals surface area contributed by atoms with Crippen molar-refractivity contribution in [2.45, 2.75) is 23.0 Å². The number of sulfonamides is 2. The molecule has 1 aliphatic rings. The number of aliphatic imine (C=N–C) groups is 1.